The van der Waals surface area contributed by atoms with Crippen LogP contribution in [0.1, 0.15) is 16.7 Å². The van der Waals surface area contributed by atoms with E-state index in [1.54, 1.807) is 6.07 Å². The molecule has 0 saturated carbocycles. The summed E-state index contributed by atoms with van der Waals surface area (Å²) >= 11 is 1.54. The Morgan fingerprint density at radius 3 is 2.52 bits per heavy atom. The summed E-state index contributed by atoms with van der Waals surface area (Å²) in [6, 6.07) is 5.04. The highest BCUT2D eigenvalue weighted by Crippen LogP contribution is 2.25. The maximum absolute atomic E-state index is 12.3. The van der Waals surface area contributed by atoms with E-state index in [1.165, 1.54) is 31.5 Å². The molecule has 1 aromatic heterocycles. The molecule has 0 bridgehead atoms. The van der Waals surface area contributed by atoms with E-state index in [1.807, 2.05) is 30.7 Å². The summed E-state index contributed by atoms with van der Waals surface area (Å²) in [5.74, 6) is -0.162. The number of nitrogens with zero attached hydrogens (tertiary/aromatic N) is 1. The number of thiophene rings is 1. The molecular weight excluding hydrogens is 332 g/mol. The van der Waals surface area contributed by atoms with Gasteiger partial charge in [0.25, 0.3) is 0 Å². The Hall–Kier alpha value is -1.70. The number of aryl methyl sites for hydroxylation is 1. The molecule has 2 aromatic rings. The molecule has 7 heteroatoms. The van der Waals surface area contributed by atoms with Crippen LogP contribution in [-0.2, 0) is 21.2 Å². The molecular formula is C16H20N2O3S2. The van der Waals surface area contributed by atoms with E-state index in [2.05, 4.69) is 5.32 Å². The van der Waals surface area contributed by atoms with E-state index in [-0.39, 0.29) is 17.2 Å². The van der Waals surface area contributed by atoms with Crippen LogP contribution in [0.15, 0.2) is 33.9 Å². The summed E-state index contributed by atoms with van der Waals surface area (Å²) in [5, 5.41) is 6.66. The van der Waals surface area contributed by atoms with Gasteiger partial charge in [-0.1, -0.05) is 0 Å². The first-order chi connectivity index (χ1) is 10.7. The number of anilines is 1. The number of rotatable bonds is 5. The predicted octanol–water partition coefficient (Wildman–Crippen LogP) is 2.80. The van der Waals surface area contributed by atoms with Gasteiger partial charge in [-0.25, -0.2) is 12.7 Å². The average Bonchev–Trinajstić information content (AvgIpc) is 2.96. The van der Waals surface area contributed by atoms with Crippen LogP contribution in [0, 0.1) is 13.8 Å². The summed E-state index contributed by atoms with van der Waals surface area (Å²) in [6.45, 7) is 3.69. The number of sulfonamides is 1. The number of hydrogen-bond donors (Lipinski definition) is 1. The fraction of sp³-hybridized carbons (Fsp3) is 0.312. The van der Waals surface area contributed by atoms with Gasteiger partial charge >= 0.3 is 0 Å². The molecule has 0 atom stereocenters. The van der Waals surface area contributed by atoms with E-state index in [0.717, 1.165) is 21.0 Å². The van der Waals surface area contributed by atoms with Crippen LogP contribution in [0.4, 0.5) is 5.69 Å². The van der Waals surface area contributed by atoms with E-state index in [4.69, 9.17) is 0 Å². The number of hydrogen-bond acceptors (Lipinski definition) is 4. The lowest BCUT2D eigenvalue weighted by molar-refractivity contribution is -0.115. The van der Waals surface area contributed by atoms with Crippen LogP contribution in [-0.4, -0.2) is 32.7 Å². The van der Waals surface area contributed by atoms with Gasteiger partial charge in [0.1, 0.15) is 0 Å². The lowest BCUT2D eigenvalue weighted by Crippen LogP contribution is -2.23. The van der Waals surface area contributed by atoms with Gasteiger partial charge in [0, 0.05) is 19.8 Å². The third-order valence-corrected chi connectivity index (χ3v) is 6.16. The largest absolute Gasteiger partial charge is 0.326 e. The highest BCUT2D eigenvalue weighted by atomic mass is 32.2. The number of amides is 1. The minimum atomic E-state index is -3.54. The summed E-state index contributed by atoms with van der Waals surface area (Å²) in [4.78, 5) is 12.3. The number of nitrogens with one attached hydrogen (secondary N) is 1. The number of carbonyl (C=O) groups is 1. The Bertz CT molecular complexity index is 810. The molecule has 0 aliphatic carbocycles. The van der Waals surface area contributed by atoms with Crippen molar-refractivity contribution < 1.29 is 13.2 Å². The van der Waals surface area contributed by atoms with E-state index < -0.39 is 10.0 Å². The van der Waals surface area contributed by atoms with E-state index >= 15 is 0 Å². The zero-order valence-electron chi connectivity index (χ0n) is 13.6. The Labute approximate surface area is 141 Å². The van der Waals surface area contributed by atoms with Gasteiger partial charge < -0.3 is 5.32 Å². The summed E-state index contributed by atoms with van der Waals surface area (Å²) in [5.41, 5.74) is 3.16. The van der Waals surface area contributed by atoms with Crippen molar-refractivity contribution in [2.75, 3.05) is 19.4 Å². The van der Waals surface area contributed by atoms with Gasteiger partial charge in [-0.2, -0.15) is 11.3 Å². The van der Waals surface area contributed by atoms with Crippen molar-refractivity contribution in [3.63, 3.8) is 0 Å². The SMILES string of the molecule is Cc1cc(S(=O)(=O)N(C)C)cc(NC(=O)Cc2ccsc2)c1C. The zero-order valence-corrected chi connectivity index (χ0v) is 15.2. The molecule has 0 saturated heterocycles. The fourth-order valence-electron chi connectivity index (χ4n) is 2.09. The second-order valence-electron chi connectivity index (χ2n) is 5.56. The molecule has 1 N–H and O–H groups in total. The summed E-state index contributed by atoms with van der Waals surface area (Å²) in [6.07, 6.45) is 0.270. The molecule has 2 rings (SSSR count). The molecule has 23 heavy (non-hydrogen) atoms. The van der Waals surface area contributed by atoms with Crippen molar-refractivity contribution >= 4 is 33.0 Å². The van der Waals surface area contributed by atoms with Crippen LogP contribution in [0.5, 0.6) is 0 Å². The van der Waals surface area contributed by atoms with Gasteiger partial charge in [0.05, 0.1) is 11.3 Å². The molecule has 124 valence electrons. The highest BCUT2D eigenvalue weighted by molar-refractivity contribution is 7.89. The van der Waals surface area contributed by atoms with Gasteiger partial charge in [-0.05, 0) is 59.5 Å². The van der Waals surface area contributed by atoms with Gasteiger partial charge in [-0.15, -0.1) is 0 Å². The maximum atomic E-state index is 12.3. The second-order valence-corrected chi connectivity index (χ2v) is 8.49. The Kier molecular flexibility index (Phi) is 5.23. The van der Waals surface area contributed by atoms with Crippen LogP contribution in [0.3, 0.4) is 0 Å². The van der Waals surface area contributed by atoms with E-state index in [9.17, 15) is 13.2 Å². The van der Waals surface area contributed by atoms with Gasteiger partial charge in [-0.3, -0.25) is 4.79 Å². The van der Waals surface area contributed by atoms with Crippen molar-refractivity contribution in [1.82, 2.24) is 4.31 Å². The first kappa shape index (κ1) is 17.7. The normalized spacial score (nSPS) is 11.7. The summed E-state index contributed by atoms with van der Waals surface area (Å²) < 4.78 is 25.8. The second kappa shape index (κ2) is 6.82. The molecule has 1 amide bonds. The molecule has 0 radical (unpaired) electrons. The van der Waals surface area contributed by atoms with Crippen LogP contribution in [0.2, 0.25) is 0 Å². The van der Waals surface area contributed by atoms with Crippen LogP contribution >= 0.6 is 11.3 Å². The monoisotopic (exact) mass is 352 g/mol. The molecule has 5 nitrogen and oxygen atoms in total. The smallest absolute Gasteiger partial charge is 0.242 e. The molecule has 0 fully saturated rings. The lowest BCUT2D eigenvalue weighted by atomic mass is 10.1. The minimum absolute atomic E-state index is 0.162. The molecule has 0 unspecified atom stereocenters. The Morgan fingerprint density at radius 2 is 1.96 bits per heavy atom. The lowest BCUT2D eigenvalue weighted by Gasteiger charge is -2.16. The van der Waals surface area contributed by atoms with Crippen molar-refractivity contribution in [3.8, 4) is 0 Å². The molecule has 1 aromatic carbocycles. The van der Waals surface area contributed by atoms with Gasteiger partial charge in [0.15, 0.2) is 0 Å². The first-order valence-corrected chi connectivity index (χ1v) is 9.45. The quantitative estimate of drug-likeness (QED) is 0.900. The summed E-state index contributed by atoms with van der Waals surface area (Å²) in [7, 11) is -0.570. The molecule has 0 spiro atoms. The Balaban J connectivity index is 2.31. The highest BCUT2D eigenvalue weighted by Gasteiger charge is 2.20. The standard InChI is InChI=1S/C16H20N2O3S2/c1-11-7-14(23(20,21)18(3)4)9-15(12(11)2)17-16(19)8-13-5-6-22-10-13/h5-7,9-10H,8H2,1-4H3,(H,17,19). The van der Waals surface area contributed by atoms with Crippen molar-refractivity contribution in [1.29, 1.82) is 0 Å². The molecule has 0 aliphatic heterocycles. The Morgan fingerprint density at radius 1 is 1.26 bits per heavy atom. The predicted molar refractivity (Wildman–Crippen MR) is 93.4 cm³/mol. The third-order valence-electron chi connectivity index (χ3n) is 3.64. The van der Waals surface area contributed by atoms with Crippen LogP contribution < -0.4 is 5.32 Å². The number of carbonyl (C=O) groups excluding carboxylic acids is 1. The van der Waals surface area contributed by atoms with E-state index in [0.29, 0.717) is 5.69 Å². The number of benzene rings is 1. The average molecular weight is 352 g/mol. The zero-order chi connectivity index (χ0) is 17.2. The first-order valence-electron chi connectivity index (χ1n) is 7.06. The maximum Gasteiger partial charge on any atom is 0.242 e. The third kappa shape index (κ3) is 3.99. The fourth-order valence-corrected chi connectivity index (χ4v) is 3.77. The topological polar surface area (TPSA) is 66.5 Å². The van der Waals surface area contributed by atoms with Crippen molar-refractivity contribution in [2.45, 2.75) is 25.2 Å². The van der Waals surface area contributed by atoms with Crippen molar-refractivity contribution in [2.24, 2.45) is 0 Å². The molecule has 0 aliphatic rings. The van der Waals surface area contributed by atoms with Crippen LogP contribution in [0.25, 0.3) is 0 Å². The van der Waals surface area contributed by atoms with Gasteiger partial charge in [0.2, 0.25) is 15.9 Å². The molecule has 1 heterocycles. The van der Waals surface area contributed by atoms with Crippen molar-refractivity contribution in [3.05, 3.63) is 45.6 Å². The minimum Gasteiger partial charge on any atom is -0.326 e.